The van der Waals surface area contributed by atoms with Gasteiger partial charge in [-0.1, -0.05) is 19.1 Å². The Morgan fingerprint density at radius 2 is 2.05 bits per heavy atom. The quantitative estimate of drug-likeness (QED) is 0.376. The van der Waals surface area contributed by atoms with E-state index in [1.54, 1.807) is 29.9 Å². The van der Waals surface area contributed by atoms with Gasteiger partial charge in [-0.05, 0) is 24.7 Å². The largest absolute Gasteiger partial charge is 0.545 e. The van der Waals surface area contributed by atoms with E-state index < -0.39 is 22.8 Å². The summed E-state index contributed by atoms with van der Waals surface area (Å²) in [6, 6.07) is -1.04. The first-order valence-electron chi connectivity index (χ1n) is 5.91. The molecule has 0 aromatic heterocycles. The minimum absolute atomic E-state index is 0.0281. The molecule has 0 rings (SSSR count). The van der Waals surface area contributed by atoms with Crippen molar-refractivity contribution in [2.75, 3.05) is 5.75 Å². The van der Waals surface area contributed by atoms with E-state index in [4.69, 9.17) is 15.4 Å². The van der Waals surface area contributed by atoms with Gasteiger partial charge in [-0.3, -0.25) is 9.00 Å². The molecule has 0 spiro atoms. The molecule has 2 unspecified atom stereocenters. The van der Waals surface area contributed by atoms with Crippen molar-refractivity contribution in [3.05, 3.63) is 23.0 Å². The van der Waals surface area contributed by atoms with Crippen molar-refractivity contribution in [2.24, 2.45) is 5.73 Å². The van der Waals surface area contributed by atoms with Crippen molar-refractivity contribution in [2.45, 2.75) is 33.2 Å². The van der Waals surface area contributed by atoms with Crippen LogP contribution in [0.2, 0.25) is 0 Å². The van der Waals surface area contributed by atoms with Gasteiger partial charge < -0.3 is 19.9 Å². The van der Waals surface area contributed by atoms with Gasteiger partial charge in [0.25, 0.3) is 0 Å². The van der Waals surface area contributed by atoms with Gasteiger partial charge in [-0.25, -0.2) is 0 Å². The monoisotopic (exact) mass is 357 g/mol. The molecule has 6 nitrogen and oxygen atoms in total. The summed E-state index contributed by atoms with van der Waals surface area (Å²) in [5, 5.41) is 12.9. The third-order valence-electron chi connectivity index (χ3n) is 1.38. The Morgan fingerprint density at radius 1 is 1.48 bits per heavy atom. The van der Waals surface area contributed by atoms with Crippen molar-refractivity contribution in [3.8, 4) is 0 Å². The van der Waals surface area contributed by atoms with Crippen LogP contribution in [0.4, 0.5) is 0 Å². The number of hydrogen-bond donors (Lipinski definition) is 3. The number of nitrogens with two attached hydrogens (primary N) is 1. The molecule has 0 fully saturated rings. The number of allylic oxidation sites excluding steroid dienone is 2. The normalized spacial score (nSPS) is 13.4. The molecule has 0 aromatic rings. The average Bonchev–Trinajstić information content (AvgIpc) is 2.42. The Kier molecular flexibility index (Phi) is 26.2. The Hall–Kier alpha value is -0.580. The van der Waals surface area contributed by atoms with Gasteiger partial charge in [0.2, 0.25) is 0 Å². The van der Waals surface area contributed by atoms with E-state index in [2.05, 4.69) is 0 Å². The fourth-order valence-corrected chi connectivity index (χ4v) is 1.75. The molecule has 0 aliphatic heterocycles. The Labute approximate surface area is 137 Å². The number of rotatable bonds is 6. The number of carbonyl (C=O) groups is 1. The maximum Gasteiger partial charge on any atom is 0.321 e. The first-order valence-corrected chi connectivity index (χ1v) is 8.93. The molecule has 124 valence electrons. The topological polar surface area (TPSA) is 124 Å². The first kappa shape index (κ1) is 25.4. The standard InChI is InChI=1S/C6H11NO3S.2C3H6OS/c1-2-3-11(10)4-5(7)6(8)9;2*1-2-3-5-4/h2-3,5H,4,7H2,1H3,(H,8,9);3H,2H2,1H3;2-4H,1H3/b3-2+;;3-2+. The van der Waals surface area contributed by atoms with Gasteiger partial charge in [0.15, 0.2) is 17.0 Å². The lowest BCUT2D eigenvalue weighted by molar-refractivity contribution is -0.137. The molecule has 0 aromatic carbocycles. The molecule has 0 bridgehead atoms. The summed E-state index contributed by atoms with van der Waals surface area (Å²) in [4.78, 5) is 10.2. The van der Waals surface area contributed by atoms with Crippen LogP contribution in [0.25, 0.3) is 0 Å². The summed E-state index contributed by atoms with van der Waals surface area (Å²) >= 11 is 1.25. The second-order valence-electron chi connectivity index (χ2n) is 3.21. The number of aliphatic carboxylic acids is 1. The molecular formula is C12H23NO5S3. The van der Waals surface area contributed by atoms with Crippen LogP contribution < -0.4 is 5.73 Å². The van der Waals surface area contributed by atoms with E-state index in [0.29, 0.717) is 11.6 Å². The second kappa shape index (κ2) is 21.7. The summed E-state index contributed by atoms with van der Waals surface area (Å²) in [6.07, 6.45) is 4.24. The lowest BCUT2D eigenvalue weighted by Gasteiger charge is -2.01. The summed E-state index contributed by atoms with van der Waals surface area (Å²) in [6.45, 7) is 5.50. The minimum atomic E-state index is -1.26. The van der Waals surface area contributed by atoms with E-state index in [0.717, 1.165) is 18.5 Å². The molecule has 0 saturated carbocycles. The third kappa shape index (κ3) is 28.3. The second-order valence-corrected chi connectivity index (χ2v) is 5.58. The van der Waals surface area contributed by atoms with Gasteiger partial charge in [0.05, 0.1) is 5.75 Å². The maximum atomic E-state index is 10.8. The van der Waals surface area contributed by atoms with E-state index >= 15 is 0 Å². The van der Waals surface area contributed by atoms with Crippen LogP contribution in [0.3, 0.4) is 0 Å². The number of carboxylic acid groups (broad SMARTS) is 1. The third-order valence-corrected chi connectivity index (χ3v) is 3.51. The molecule has 0 aliphatic carbocycles. The molecular weight excluding hydrogens is 334 g/mol. The van der Waals surface area contributed by atoms with Crippen LogP contribution in [0.15, 0.2) is 23.0 Å². The van der Waals surface area contributed by atoms with Crippen molar-refractivity contribution in [3.63, 3.8) is 0 Å². The molecule has 0 aliphatic rings. The highest BCUT2D eigenvalue weighted by Crippen LogP contribution is 1.89. The highest BCUT2D eigenvalue weighted by atomic mass is 32.2. The Bertz CT molecular complexity index is 334. The molecule has 9 heteroatoms. The predicted octanol–water partition coefficient (Wildman–Crippen LogP) is 1.82. The fraction of sp³-hybridized carbons (Fsp3) is 0.500. The van der Waals surface area contributed by atoms with Crippen LogP contribution in [0.1, 0.15) is 27.2 Å². The van der Waals surface area contributed by atoms with Crippen molar-refractivity contribution in [1.82, 2.24) is 0 Å². The van der Waals surface area contributed by atoms with Crippen molar-refractivity contribution >= 4 is 45.8 Å². The summed E-state index contributed by atoms with van der Waals surface area (Å²) < 4.78 is 28.1. The highest BCUT2D eigenvalue weighted by molar-refractivity contribution is 7.96. The van der Waals surface area contributed by atoms with E-state index in [1.807, 2.05) is 13.8 Å². The lowest BCUT2D eigenvalue weighted by Crippen LogP contribution is -2.35. The van der Waals surface area contributed by atoms with Crippen molar-refractivity contribution in [1.29, 1.82) is 0 Å². The molecule has 0 heterocycles. The summed E-state index contributed by atoms with van der Waals surface area (Å²) in [5.74, 6) is -1.15. The van der Waals surface area contributed by atoms with Gasteiger partial charge in [0, 0.05) is 29.3 Å². The number of hydrogen-bond acceptors (Lipinski definition) is 6. The van der Waals surface area contributed by atoms with Crippen LogP contribution in [-0.2, 0) is 27.2 Å². The smallest absolute Gasteiger partial charge is 0.321 e. The SMILES string of the molecule is C/C=C/S(=O)CC(N)C(=O)O.C/C=C/SO.CCC=[S+][O-]. The summed E-state index contributed by atoms with van der Waals surface area (Å²) in [7, 11) is -1.26. The first-order chi connectivity index (χ1) is 9.90. The van der Waals surface area contributed by atoms with Crippen LogP contribution in [0.5, 0.6) is 0 Å². The zero-order valence-corrected chi connectivity index (χ0v) is 14.7. The van der Waals surface area contributed by atoms with Crippen LogP contribution in [-0.4, -0.2) is 41.6 Å². The molecule has 0 amide bonds. The van der Waals surface area contributed by atoms with Crippen LogP contribution >= 0.6 is 12.0 Å². The average molecular weight is 358 g/mol. The van der Waals surface area contributed by atoms with Gasteiger partial charge in [0.1, 0.15) is 6.04 Å². The molecule has 4 N–H and O–H groups in total. The van der Waals surface area contributed by atoms with E-state index in [1.165, 1.54) is 5.41 Å². The Morgan fingerprint density at radius 3 is 2.24 bits per heavy atom. The summed E-state index contributed by atoms with van der Waals surface area (Å²) in [5.41, 5.74) is 5.12. The molecule has 2 atom stereocenters. The Balaban J connectivity index is -0.000000270. The van der Waals surface area contributed by atoms with Crippen molar-refractivity contribution < 1.29 is 23.2 Å². The molecule has 0 saturated heterocycles. The number of carboxylic acids is 1. The minimum Gasteiger partial charge on any atom is -0.545 e. The zero-order valence-electron chi connectivity index (χ0n) is 12.3. The highest BCUT2D eigenvalue weighted by Gasteiger charge is 2.13. The maximum absolute atomic E-state index is 10.8. The molecule has 21 heavy (non-hydrogen) atoms. The van der Waals surface area contributed by atoms with E-state index in [-0.39, 0.29) is 5.75 Å². The van der Waals surface area contributed by atoms with Gasteiger partial charge in [-0.2, -0.15) is 0 Å². The lowest BCUT2D eigenvalue weighted by atomic mass is 10.4. The fourth-order valence-electron chi connectivity index (χ4n) is 0.584. The van der Waals surface area contributed by atoms with Crippen LogP contribution in [0, 0.1) is 0 Å². The van der Waals surface area contributed by atoms with E-state index in [9.17, 15) is 13.6 Å². The molecule has 0 radical (unpaired) electrons. The zero-order chi connectivity index (χ0) is 17.1. The van der Waals surface area contributed by atoms with Gasteiger partial charge >= 0.3 is 5.97 Å². The predicted molar refractivity (Wildman–Crippen MR) is 93.0 cm³/mol. The van der Waals surface area contributed by atoms with Gasteiger partial charge in [-0.15, -0.1) is 0 Å².